The summed E-state index contributed by atoms with van der Waals surface area (Å²) in [6.07, 6.45) is 2.58. The minimum absolute atomic E-state index is 0.200. The molecule has 7 nitrogen and oxygen atoms in total. The van der Waals surface area contributed by atoms with Crippen LogP contribution in [0.3, 0.4) is 0 Å². The average Bonchev–Trinajstić information content (AvgIpc) is 3.24. The molecule has 11 heteroatoms. The van der Waals surface area contributed by atoms with Gasteiger partial charge < -0.3 is 10.1 Å². The Labute approximate surface area is 199 Å². The van der Waals surface area contributed by atoms with Gasteiger partial charge in [0, 0.05) is 35.5 Å². The molecule has 3 aliphatic rings. The maximum Gasteiger partial charge on any atom is 0.272 e. The Hall–Kier alpha value is -2.43. The van der Waals surface area contributed by atoms with E-state index in [2.05, 4.69) is 25.3 Å². The van der Waals surface area contributed by atoms with E-state index in [-0.39, 0.29) is 12.3 Å². The predicted octanol–water partition coefficient (Wildman–Crippen LogP) is 4.64. The quantitative estimate of drug-likeness (QED) is 0.560. The second kappa shape index (κ2) is 8.07. The normalized spacial score (nSPS) is 27.0. The Morgan fingerprint density at radius 2 is 2.03 bits per heavy atom. The van der Waals surface area contributed by atoms with Crippen LogP contribution in [0.5, 0.6) is 0 Å². The van der Waals surface area contributed by atoms with Crippen LogP contribution in [0.1, 0.15) is 36.1 Å². The Morgan fingerprint density at radius 1 is 1.24 bits per heavy atom. The fourth-order valence-corrected chi connectivity index (χ4v) is 5.21. The molecule has 0 amide bonds. The first-order valence-electron chi connectivity index (χ1n) is 11.4. The van der Waals surface area contributed by atoms with E-state index in [1.54, 1.807) is 19.2 Å². The summed E-state index contributed by atoms with van der Waals surface area (Å²) in [6.45, 7) is 4.23. The number of anilines is 2. The Bertz CT molecular complexity index is 1250. The molecule has 2 aromatic heterocycles. The summed E-state index contributed by atoms with van der Waals surface area (Å²) in [7, 11) is 0. The van der Waals surface area contributed by atoms with Crippen LogP contribution in [0.4, 0.5) is 24.8 Å². The highest BCUT2D eigenvalue weighted by molar-refractivity contribution is 6.32. The molecule has 1 saturated carbocycles. The molecule has 1 unspecified atom stereocenters. The summed E-state index contributed by atoms with van der Waals surface area (Å²) in [5.41, 5.74) is 2.53. The number of aromatic nitrogens is 4. The van der Waals surface area contributed by atoms with Gasteiger partial charge in [-0.3, -0.25) is 9.58 Å². The molecule has 6 rings (SSSR count). The minimum Gasteiger partial charge on any atom is -0.378 e. The second-order valence-corrected chi connectivity index (χ2v) is 9.82. The van der Waals surface area contributed by atoms with E-state index in [0.717, 1.165) is 17.5 Å². The summed E-state index contributed by atoms with van der Waals surface area (Å²) in [5, 5.41) is 8.42. The number of likely N-dealkylation sites (tertiary alicyclic amines) is 1. The fourth-order valence-electron chi connectivity index (χ4n) is 4.90. The first kappa shape index (κ1) is 22.1. The molecule has 1 aliphatic carbocycles. The first-order valence-corrected chi connectivity index (χ1v) is 11.8. The number of hydrogen-bond donors (Lipinski definition) is 1. The van der Waals surface area contributed by atoms with Crippen molar-refractivity contribution in [3.63, 3.8) is 0 Å². The van der Waals surface area contributed by atoms with Crippen LogP contribution in [0.25, 0.3) is 10.9 Å². The molecule has 34 heavy (non-hydrogen) atoms. The van der Waals surface area contributed by atoms with E-state index in [0.29, 0.717) is 60.1 Å². The highest BCUT2D eigenvalue weighted by Gasteiger charge is 2.59. The Morgan fingerprint density at radius 3 is 2.71 bits per heavy atom. The lowest BCUT2D eigenvalue weighted by atomic mass is 9.86. The lowest BCUT2D eigenvalue weighted by molar-refractivity contribution is -0.0806. The van der Waals surface area contributed by atoms with Gasteiger partial charge in [0.25, 0.3) is 5.92 Å². The van der Waals surface area contributed by atoms with Crippen LogP contribution >= 0.6 is 11.6 Å². The number of piperidine rings is 1. The minimum atomic E-state index is -2.71. The molecule has 0 radical (unpaired) electrons. The predicted molar refractivity (Wildman–Crippen MR) is 122 cm³/mol. The Kier molecular flexibility index (Phi) is 5.23. The van der Waals surface area contributed by atoms with Gasteiger partial charge in [-0.15, -0.1) is 0 Å². The van der Waals surface area contributed by atoms with Crippen LogP contribution in [0.15, 0.2) is 24.5 Å². The summed E-state index contributed by atoms with van der Waals surface area (Å²) < 4.78 is 48.7. The largest absolute Gasteiger partial charge is 0.378 e. The van der Waals surface area contributed by atoms with Crippen LogP contribution < -0.4 is 5.32 Å². The standard InChI is InChI=1S/C23H24ClF3N6O/c1-12-20(8-29-33(12)21-6-23(21,26)27)31-22-28-7-13-4-17(24)16(5-19(13)30-22)15-2-3-32(9-18(15)25)14-10-34-11-14/h4-5,7-8,14-15,18,21H,2-3,6,9-11H2,1H3,(H,28,30,31)/t15-,18+,21?/m0/s1. The van der Waals surface area contributed by atoms with Crippen molar-refractivity contribution in [2.45, 2.75) is 49.9 Å². The summed E-state index contributed by atoms with van der Waals surface area (Å²) in [6, 6.07) is 3.02. The summed E-state index contributed by atoms with van der Waals surface area (Å²) >= 11 is 6.55. The third-order valence-electron chi connectivity index (χ3n) is 7.19. The highest BCUT2D eigenvalue weighted by Crippen LogP contribution is 2.53. The fraction of sp³-hybridized carbons (Fsp3) is 0.522. The van der Waals surface area contributed by atoms with Crippen LogP contribution in [0.2, 0.25) is 5.02 Å². The number of fused-ring (bicyclic) bond motifs is 1. The Balaban J connectivity index is 1.24. The van der Waals surface area contributed by atoms with E-state index in [1.807, 2.05) is 6.07 Å². The number of nitrogens with zero attached hydrogens (tertiary/aromatic N) is 5. The van der Waals surface area contributed by atoms with E-state index < -0.39 is 18.1 Å². The van der Waals surface area contributed by atoms with Crippen LogP contribution in [0, 0.1) is 6.92 Å². The molecule has 0 spiro atoms. The van der Waals surface area contributed by atoms with Gasteiger partial charge in [-0.1, -0.05) is 11.6 Å². The number of nitrogens with one attached hydrogen (secondary N) is 1. The average molecular weight is 493 g/mol. The third-order valence-corrected chi connectivity index (χ3v) is 7.51. The third kappa shape index (κ3) is 3.81. The van der Waals surface area contributed by atoms with E-state index in [4.69, 9.17) is 16.3 Å². The molecule has 2 aliphatic heterocycles. The SMILES string of the molecule is Cc1c(Nc2ncc3cc(Cl)c([C@@H]4CCN(C5COC5)C[C@H]4F)cc3n2)cnn1C1CC1(F)F. The molecule has 1 aromatic carbocycles. The molecule has 0 bridgehead atoms. The van der Waals surface area contributed by atoms with Crippen molar-refractivity contribution in [1.82, 2.24) is 24.6 Å². The van der Waals surface area contributed by atoms with Crippen molar-refractivity contribution in [2.75, 3.05) is 31.6 Å². The van der Waals surface area contributed by atoms with Gasteiger partial charge in [0.15, 0.2) is 0 Å². The molecular weight excluding hydrogens is 469 g/mol. The lowest BCUT2D eigenvalue weighted by Crippen LogP contribution is -2.54. The monoisotopic (exact) mass is 492 g/mol. The van der Waals surface area contributed by atoms with E-state index in [9.17, 15) is 8.78 Å². The zero-order valence-corrected chi connectivity index (χ0v) is 19.3. The summed E-state index contributed by atoms with van der Waals surface area (Å²) in [5.74, 6) is -2.71. The zero-order chi connectivity index (χ0) is 23.6. The maximum absolute atomic E-state index is 15.2. The molecule has 3 aromatic rings. The van der Waals surface area contributed by atoms with Crippen molar-refractivity contribution in [2.24, 2.45) is 0 Å². The van der Waals surface area contributed by atoms with Gasteiger partial charge in [-0.05, 0) is 37.6 Å². The van der Waals surface area contributed by atoms with Gasteiger partial charge in [0.2, 0.25) is 5.95 Å². The maximum atomic E-state index is 15.2. The molecule has 1 N–H and O–H groups in total. The van der Waals surface area contributed by atoms with Gasteiger partial charge in [-0.25, -0.2) is 23.1 Å². The van der Waals surface area contributed by atoms with E-state index in [1.165, 1.54) is 10.9 Å². The summed E-state index contributed by atoms with van der Waals surface area (Å²) in [4.78, 5) is 11.1. The molecule has 2 saturated heterocycles. The number of alkyl halides is 3. The molecule has 180 valence electrons. The van der Waals surface area contributed by atoms with Crippen LogP contribution in [-0.4, -0.2) is 69.1 Å². The second-order valence-electron chi connectivity index (χ2n) is 9.42. The molecule has 4 heterocycles. The highest BCUT2D eigenvalue weighted by atomic mass is 35.5. The molecule has 3 fully saturated rings. The number of benzene rings is 1. The van der Waals surface area contributed by atoms with Gasteiger partial charge in [-0.2, -0.15) is 5.10 Å². The van der Waals surface area contributed by atoms with E-state index >= 15 is 4.39 Å². The number of hydrogen-bond acceptors (Lipinski definition) is 6. The van der Waals surface area contributed by atoms with Crippen molar-refractivity contribution < 1.29 is 17.9 Å². The molecular formula is C23H24ClF3N6O. The van der Waals surface area contributed by atoms with Crippen LogP contribution in [-0.2, 0) is 4.74 Å². The van der Waals surface area contributed by atoms with Crippen molar-refractivity contribution in [3.05, 3.63) is 40.8 Å². The van der Waals surface area contributed by atoms with Gasteiger partial charge in [0.05, 0.1) is 42.4 Å². The van der Waals surface area contributed by atoms with Crippen molar-refractivity contribution in [1.29, 1.82) is 0 Å². The number of halogens is 4. The first-order chi connectivity index (χ1) is 16.3. The molecule has 3 atom stereocenters. The van der Waals surface area contributed by atoms with Gasteiger partial charge >= 0.3 is 0 Å². The topological polar surface area (TPSA) is 68.1 Å². The zero-order valence-electron chi connectivity index (χ0n) is 18.5. The number of rotatable bonds is 5. The number of ether oxygens (including phenoxy) is 1. The van der Waals surface area contributed by atoms with Crippen molar-refractivity contribution >= 4 is 34.1 Å². The van der Waals surface area contributed by atoms with Crippen molar-refractivity contribution in [3.8, 4) is 0 Å². The van der Waals surface area contributed by atoms with Gasteiger partial charge in [0.1, 0.15) is 12.2 Å². The smallest absolute Gasteiger partial charge is 0.272 e. The lowest BCUT2D eigenvalue weighted by Gasteiger charge is -2.43.